The van der Waals surface area contributed by atoms with E-state index in [-0.39, 0.29) is 11.7 Å². The van der Waals surface area contributed by atoms with Crippen LogP contribution in [0.5, 0.6) is 0 Å². The van der Waals surface area contributed by atoms with Gasteiger partial charge in [-0.1, -0.05) is 23.4 Å². The minimum absolute atomic E-state index is 0.108. The summed E-state index contributed by atoms with van der Waals surface area (Å²) in [4.78, 5) is 23.2. The second-order valence-corrected chi connectivity index (χ2v) is 6.17. The highest BCUT2D eigenvalue weighted by molar-refractivity contribution is 7.99. The number of hydrogen-bond acceptors (Lipinski definition) is 5. The quantitative estimate of drug-likeness (QED) is 0.721. The molecule has 8 heteroatoms. The summed E-state index contributed by atoms with van der Waals surface area (Å²) >= 11 is 8.64. The number of hydrogen-bond donors (Lipinski definition) is 2. The molecule has 20 heavy (non-hydrogen) atoms. The Labute approximate surface area is 127 Å². The lowest BCUT2D eigenvalue weighted by atomic mass is 10.3. The van der Waals surface area contributed by atoms with Gasteiger partial charge >= 0.3 is 0 Å². The Kier molecular flexibility index (Phi) is 3.90. The Morgan fingerprint density at radius 3 is 3.20 bits per heavy atom. The number of nitrogens with zero attached hydrogens (tertiary/aromatic N) is 2. The summed E-state index contributed by atoms with van der Waals surface area (Å²) in [5, 5.41) is 6.48. The number of rotatable bonds is 4. The molecule has 3 aromatic rings. The minimum Gasteiger partial charge on any atom is -0.333 e. The summed E-state index contributed by atoms with van der Waals surface area (Å²) in [5.41, 5.74) is 1.69. The number of halogens is 1. The van der Waals surface area contributed by atoms with Crippen molar-refractivity contribution < 1.29 is 4.79 Å². The summed E-state index contributed by atoms with van der Waals surface area (Å²) < 4.78 is 0. The van der Waals surface area contributed by atoms with E-state index >= 15 is 0 Å². The molecule has 1 amide bonds. The molecule has 3 rings (SSSR count). The summed E-state index contributed by atoms with van der Waals surface area (Å²) in [6.45, 7) is 0. The van der Waals surface area contributed by atoms with Crippen molar-refractivity contribution in [1.82, 2.24) is 15.0 Å². The number of aromatic amines is 1. The Bertz CT molecular complexity index is 741. The number of anilines is 1. The van der Waals surface area contributed by atoms with Gasteiger partial charge in [-0.25, -0.2) is 9.97 Å². The summed E-state index contributed by atoms with van der Waals surface area (Å²) in [6, 6.07) is 5.44. The van der Waals surface area contributed by atoms with Gasteiger partial charge in [0.2, 0.25) is 5.91 Å². The van der Waals surface area contributed by atoms with Crippen LogP contribution < -0.4 is 5.32 Å². The van der Waals surface area contributed by atoms with Crippen LogP contribution in [0.1, 0.15) is 0 Å². The van der Waals surface area contributed by atoms with Gasteiger partial charge in [-0.15, -0.1) is 11.3 Å². The van der Waals surface area contributed by atoms with Gasteiger partial charge in [0.25, 0.3) is 0 Å². The molecule has 0 fully saturated rings. The lowest BCUT2D eigenvalue weighted by Gasteiger charge is -1.99. The van der Waals surface area contributed by atoms with Gasteiger partial charge in [-0.3, -0.25) is 4.79 Å². The molecule has 102 valence electrons. The fraction of sp³-hybridized carbons (Fsp3) is 0.0833. The number of thioether (sulfide) groups is 1. The number of amides is 1. The first-order chi connectivity index (χ1) is 9.70. The molecule has 5 nitrogen and oxygen atoms in total. The van der Waals surface area contributed by atoms with Crippen LogP contribution in [0.15, 0.2) is 34.9 Å². The summed E-state index contributed by atoms with van der Waals surface area (Å²) in [5.74, 6) is 0.163. The lowest BCUT2D eigenvalue weighted by Crippen LogP contribution is -2.13. The predicted octanol–water partition coefficient (Wildman–Crippen LogP) is 3.40. The third-order valence-corrected chi connectivity index (χ3v) is 4.24. The minimum atomic E-state index is -0.108. The fourth-order valence-corrected chi connectivity index (χ4v) is 3.00. The number of H-pyrrole nitrogens is 1. The molecule has 0 aliphatic rings. The molecule has 0 aliphatic carbocycles. The Hall–Kier alpha value is -1.57. The normalized spacial score (nSPS) is 10.8. The maximum absolute atomic E-state index is 11.7. The van der Waals surface area contributed by atoms with E-state index in [1.165, 1.54) is 23.1 Å². The zero-order valence-corrected chi connectivity index (χ0v) is 12.5. The van der Waals surface area contributed by atoms with E-state index in [2.05, 4.69) is 20.3 Å². The molecule has 0 spiro atoms. The van der Waals surface area contributed by atoms with Crippen molar-refractivity contribution in [3.8, 4) is 0 Å². The molecule has 0 bridgehead atoms. The number of carbonyl (C=O) groups is 1. The number of carbonyl (C=O) groups excluding carboxylic acids is 1. The molecule has 2 aromatic heterocycles. The van der Waals surface area contributed by atoms with Crippen LogP contribution >= 0.6 is 34.7 Å². The Morgan fingerprint density at radius 1 is 1.50 bits per heavy atom. The molecular weight excluding hydrogens is 316 g/mol. The summed E-state index contributed by atoms with van der Waals surface area (Å²) in [6.07, 6.45) is 1.65. The van der Waals surface area contributed by atoms with Crippen LogP contribution in [0.3, 0.4) is 0 Å². The number of benzene rings is 1. The van der Waals surface area contributed by atoms with Crippen molar-refractivity contribution in [2.75, 3.05) is 11.1 Å². The Morgan fingerprint density at radius 2 is 2.40 bits per heavy atom. The van der Waals surface area contributed by atoms with Crippen molar-refractivity contribution in [3.05, 3.63) is 34.8 Å². The largest absolute Gasteiger partial charge is 0.333 e. The molecule has 0 aliphatic heterocycles. The van der Waals surface area contributed by atoms with Gasteiger partial charge in [0.15, 0.2) is 10.3 Å². The van der Waals surface area contributed by atoms with E-state index in [9.17, 15) is 4.79 Å². The fourth-order valence-electron chi connectivity index (χ4n) is 1.60. The third kappa shape index (κ3) is 3.12. The van der Waals surface area contributed by atoms with Crippen LogP contribution in [0.2, 0.25) is 5.02 Å². The maximum atomic E-state index is 11.7. The number of fused-ring (bicyclic) bond motifs is 1. The van der Waals surface area contributed by atoms with Gasteiger partial charge in [0, 0.05) is 16.6 Å². The zero-order valence-electron chi connectivity index (χ0n) is 10.1. The summed E-state index contributed by atoms with van der Waals surface area (Å²) in [7, 11) is 0. The van der Waals surface area contributed by atoms with Crippen LogP contribution in [0.25, 0.3) is 11.0 Å². The smallest absolute Gasteiger partial charge is 0.236 e. The van der Waals surface area contributed by atoms with Crippen LogP contribution in [-0.2, 0) is 4.79 Å². The highest BCUT2D eigenvalue weighted by atomic mass is 35.5. The Balaban J connectivity index is 1.63. The molecular formula is C12H9ClN4OS2. The number of aromatic nitrogens is 3. The SMILES string of the molecule is O=C(CSc1nc2ccc(Cl)cc2[nH]1)Nc1nccs1. The maximum Gasteiger partial charge on any atom is 0.236 e. The molecule has 2 N–H and O–H groups in total. The highest BCUT2D eigenvalue weighted by Gasteiger charge is 2.08. The van der Waals surface area contributed by atoms with E-state index < -0.39 is 0 Å². The van der Waals surface area contributed by atoms with Crippen molar-refractivity contribution in [2.24, 2.45) is 0 Å². The second-order valence-electron chi connectivity index (χ2n) is 3.88. The highest BCUT2D eigenvalue weighted by Crippen LogP contribution is 2.22. The lowest BCUT2D eigenvalue weighted by molar-refractivity contribution is -0.113. The van der Waals surface area contributed by atoms with Gasteiger partial charge < -0.3 is 10.3 Å². The first-order valence-electron chi connectivity index (χ1n) is 5.68. The second kappa shape index (κ2) is 5.82. The van der Waals surface area contributed by atoms with Crippen LogP contribution in [0.4, 0.5) is 5.13 Å². The van der Waals surface area contributed by atoms with E-state index in [0.29, 0.717) is 15.3 Å². The first kappa shape index (κ1) is 13.4. The first-order valence-corrected chi connectivity index (χ1v) is 7.92. The van der Waals surface area contributed by atoms with Gasteiger partial charge in [-0.2, -0.15) is 0 Å². The topological polar surface area (TPSA) is 70.7 Å². The molecule has 1 aromatic carbocycles. The molecule has 0 saturated carbocycles. The number of nitrogens with one attached hydrogen (secondary N) is 2. The molecule has 0 radical (unpaired) electrons. The average molecular weight is 325 g/mol. The molecule has 0 atom stereocenters. The average Bonchev–Trinajstić information content (AvgIpc) is 3.04. The van der Waals surface area contributed by atoms with Crippen molar-refractivity contribution >= 4 is 56.8 Å². The number of imidazole rings is 1. The van der Waals surface area contributed by atoms with Gasteiger partial charge in [0.05, 0.1) is 16.8 Å². The van der Waals surface area contributed by atoms with Crippen LogP contribution in [0, 0.1) is 0 Å². The molecule has 0 saturated heterocycles. The van der Waals surface area contributed by atoms with Crippen molar-refractivity contribution in [3.63, 3.8) is 0 Å². The van der Waals surface area contributed by atoms with Crippen molar-refractivity contribution in [1.29, 1.82) is 0 Å². The van der Waals surface area contributed by atoms with Gasteiger partial charge in [-0.05, 0) is 18.2 Å². The monoisotopic (exact) mass is 324 g/mol. The third-order valence-electron chi connectivity index (χ3n) is 2.44. The van der Waals surface area contributed by atoms with Crippen LogP contribution in [-0.4, -0.2) is 26.6 Å². The molecule has 2 heterocycles. The van der Waals surface area contributed by atoms with E-state index in [0.717, 1.165) is 11.0 Å². The predicted molar refractivity (Wildman–Crippen MR) is 82.6 cm³/mol. The standard InChI is InChI=1S/C12H9ClN4OS2/c13-7-1-2-8-9(5-7)16-12(15-8)20-6-10(18)17-11-14-3-4-19-11/h1-5H,6H2,(H,15,16)(H,14,17,18). The van der Waals surface area contributed by atoms with Gasteiger partial charge in [0.1, 0.15) is 0 Å². The zero-order chi connectivity index (χ0) is 13.9. The van der Waals surface area contributed by atoms with E-state index in [1.807, 2.05) is 17.5 Å². The molecule has 0 unspecified atom stereocenters. The van der Waals surface area contributed by atoms with E-state index in [4.69, 9.17) is 11.6 Å². The van der Waals surface area contributed by atoms with E-state index in [1.54, 1.807) is 12.3 Å². The van der Waals surface area contributed by atoms with Crippen molar-refractivity contribution in [2.45, 2.75) is 5.16 Å². The number of thiazole rings is 1.